The first kappa shape index (κ1) is 18.1. The molecular weight excluding hydrogens is 370 g/mol. The lowest BCUT2D eigenvalue weighted by molar-refractivity contribution is 0.0787. The molecule has 2 aromatic rings. The fraction of sp³-hybridized carbons (Fsp3) is 0.278. The van der Waals surface area contributed by atoms with Crippen LogP contribution in [-0.2, 0) is 0 Å². The van der Waals surface area contributed by atoms with Crippen LogP contribution in [0.5, 0.6) is 0 Å². The Balaban J connectivity index is 2.10. The molecule has 5 nitrogen and oxygen atoms in total. The van der Waals surface area contributed by atoms with Crippen LogP contribution in [0.3, 0.4) is 0 Å². The highest BCUT2D eigenvalue weighted by Gasteiger charge is 2.15. The zero-order chi connectivity index (χ0) is 17.5. The van der Waals surface area contributed by atoms with Crippen LogP contribution < -0.4 is 5.32 Å². The molecule has 2 amide bonds. The van der Waals surface area contributed by atoms with Crippen molar-refractivity contribution in [2.24, 2.45) is 0 Å². The van der Waals surface area contributed by atoms with Crippen molar-refractivity contribution in [3.8, 4) is 0 Å². The summed E-state index contributed by atoms with van der Waals surface area (Å²) >= 11 is 3.35. The van der Waals surface area contributed by atoms with Gasteiger partial charge in [-0.05, 0) is 42.8 Å². The van der Waals surface area contributed by atoms with E-state index < -0.39 is 0 Å². The van der Waals surface area contributed by atoms with Crippen molar-refractivity contribution in [1.29, 1.82) is 0 Å². The van der Waals surface area contributed by atoms with Crippen molar-refractivity contribution in [3.63, 3.8) is 0 Å². The normalized spacial score (nSPS) is 10.3. The van der Waals surface area contributed by atoms with E-state index in [9.17, 15) is 9.59 Å². The monoisotopic (exact) mass is 389 g/mol. The van der Waals surface area contributed by atoms with Crippen molar-refractivity contribution < 1.29 is 9.59 Å². The van der Waals surface area contributed by atoms with Gasteiger partial charge < -0.3 is 10.2 Å². The highest BCUT2D eigenvalue weighted by Crippen LogP contribution is 2.15. The molecule has 0 saturated carbocycles. The Kier molecular flexibility index (Phi) is 6.49. The Morgan fingerprint density at radius 3 is 2.58 bits per heavy atom. The summed E-state index contributed by atoms with van der Waals surface area (Å²) in [4.78, 5) is 30.4. The van der Waals surface area contributed by atoms with Crippen molar-refractivity contribution in [2.45, 2.75) is 19.8 Å². The molecule has 0 aliphatic heterocycles. The molecule has 1 aromatic carbocycles. The van der Waals surface area contributed by atoms with E-state index in [1.807, 2.05) is 12.1 Å². The molecule has 126 valence electrons. The molecule has 0 radical (unpaired) electrons. The number of hydrogen-bond acceptors (Lipinski definition) is 3. The van der Waals surface area contributed by atoms with Crippen LogP contribution in [0.4, 0.5) is 5.69 Å². The third-order valence-electron chi connectivity index (χ3n) is 3.54. The molecule has 2 rings (SSSR count). The van der Waals surface area contributed by atoms with Gasteiger partial charge in [0.15, 0.2) is 0 Å². The molecule has 24 heavy (non-hydrogen) atoms. The molecule has 0 saturated heterocycles. The number of amides is 2. The molecule has 0 aliphatic rings. The Labute approximate surface area is 150 Å². The maximum atomic E-state index is 12.3. The van der Waals surface area contributed by atoms with Crippen LogP contribution in [-0.4, -0.2) is 35.3 Å². The van der Waals surface area contributed by atoms with Gasteiger partial charge in [-0.25, -0.2) is 0 Å². The van der Waals surface area contributed by atoms with Crippen molar-refractivity contribution in [2.75, 3.05) is 18.9 Å². The van der Waals surface area contributed by atoms with Crippen LogP contribution >= 0.6 is 15.9 Å². The van der Waals surface area contributed by atoms with Gasteiger partial charge >= 0.3 is 0 Å². The molecule has 1 aromatic heterocycles. The number of anilines is 1. The van der Waals surface area contributed by atoms with Crippen LogP contribution in [0.15, 0.2) is 47.1 Å². The van der Waals surface area contributed by atoms with Crippen LogP contribution in [0.2, 0.25) is 0 Å². The molecule has 1 heterocycles. The molecule has 0 bridgehead atoms. The van der Waals surface area contributed by atoms with Gasteiger partial charge in [0.25, 0.3) is 11.8 Å². The quantitative estimate of drug-likeness (QED) is 0.812. The highest BCUT2D eigenvalue weighted by molar-refractivity contribution is 9.10. The molecule has 6 heteroatoms. The molecule has 1 N–H and O–H groups in total. The van der Waals surface area contributed by atoms with E-state index in [1.165, 1.54) is 12.3 Å². The maximum absolute atomic E-state index is 12.3. The van der Waals surface area contributed by atoms with E-state index in [-0.39, 0.29) is 17.5 Å². The summed E-state index contributed by atoms with van der Waals surface area (Å²) in [5.41, 5.74) is 1.37. The van der Waals surface area contributed by atoms with Crippen LogP contribution in [0.1, 0.15) is 40.6 Å². The van der Waals surface area contributed by atoms with Crippen LogP contribution in [0, 0.1) is 0 Å². The van der Waals surface area contributed by atoms with Crippen molar-refractivity contribution >= 4 is 33.4 Å². The summed E-state index contributed by atoms with van der Waals surface area (Å²) in [5, 5.41) is 2.80. The average Bonchev–Trinajstić information content (AvgIpc) is 2.61. The highest BCUT2D eigenvalue weighted by atomic mass is 79.9. The molecule has 0 fully saturated rings. The number of benzene rings is 1. The van der Waals surface area contributed by atoms with Gasteiger partial charge in [-0.3, -0.25) is 14.6 Å². The van der Waals surface area contributed by atoms with E-state index in [2.05, 4.69) is 33.2 Å². The third kappa shape index (κ3) is 4.89. The number of halogens is 1. The topological polar surface area (TPSA) is 62.3 Å². The fourth-order valence-electron chi connectivity index (χ4n) is 2.12. The predicted molar refractivity (Wildman–Crippen MR) is 98.2 cm³/mol. The first-order valence-electron chi connectivity index (χ1n) is 7.79. The number of carbonyl (C=O) groups excluding carboxylic acids is 2. The number of unbranched alkanes of at least 4 members (excludes halogenated alkanes) is 1. The lowest BCUT2D eigenvalue weighted by Gasteiger charge is -2.16. The second kappa shape index (κ2) is 8.59. The second-order valence-electron chi connectivity index (χ2n) is 5.47. The van der Waals surface area contributed by atoms with Gasteiger partial charge in [0.2, 0.25) is 0 Å². The Morgan fingerprint density at radius 1 is 1.21 bits per heavy atom. The smallest absolute Gasteiger partial charge is 0.272 e. The maximum Gasteiger partial charge on any atom is 0.272 e. The zero-order valence-corrected chi connectivity index (χ0v) is 15.3. The summed E-state index contributed by atoms with van der Waals surface area (Å²) in [6, 6.07) is 10.4. The lowest BCUT2D eigenvalue weighted by atomic mass is 10.2. The predicted octanol–water partition coefficient (Wildman–Crippen LogP) is 3.97. The standard InChI is InChI=1S/C18H20BrN3O2/c1-3-4-11-22(2)18(24)16-12-13(9-10-20-16)17(23)21-15-7-5-14(19)6-8-15/h5-10,12H,3-4,11H2,1-2H3,(H,21,23). The van der Waals surface area contributed by atoms with E-state index in [0.29, 0.717) is 17.8 Å². The zero-order valence-electron chi connectivity index (χ0n) is 13.8. The molecular formula is C18H20BrN3O2. The summed E-state index contributed by atoms with van der Waals surface area (Å²) in [5.74, 6) is -0.452. The Bertz CT molecular complexity index is 716. The van der Waals surface area contributed by atoms with Gasteiger partial charge in [-0.15, -0.1) is 0 Å². The van der Waals surface area contributed by atoms with Crippen molar-refractivity contribution in [1.82, 2.24) is 9.88 Å². The largest absolute Gasteiger partial charge is 0.340 e. The minimum absolute atomic E-state index is 0.179. The van der Waals surface area contributed by atoms with Gasteiger partial charge in [-0.1, -0.05) is 29.3 Å². The van der Waals surface area contributed by atoms with E-state index in [4.69, 9.17) is 0 Å². The number of hydrogen-bond donors (Lipinski definition) is 1. The first-order valence-corrected chi connectivity index (χ1v) is 8.59. The number of nitrogens with one attached hydrogen (secondary N) is 1. The number of aromatic nitrogens is 1. The van der Waals surface area contributed by atoms with Crippen molar-refractivity contribution in [3.05, 3.63) is 58.3 Å². The molecule has 0 atom stereocenters. The summed E-state index contributed by atoms with van der Waals surface area (Å²) in [6.45, 7) is 2.75. The first-order chi connectivity index (χ1) is 11.5. The molecule has 0 spiro atoms. The minimum atomic E-state index is -0.273. The summed E-state index contributed by atoms with van der Waals surface area (Å²) in [7, 11) is 1.74. The SMILES string of the molecule is CCCCN(C)C(=O)c1cc(C(=O)Nc2ccc(Br)cc2)ccn1. The minimum Gasteiger partial charge on any atom is -0.340 e. The van der Waals surface area contributed by atoms with Crippen LogP contribution in [0.25, 0.3) is 0 Å². The van der Waals surface area contributed by atoms with Gasteiger partial charge in [0, 0.05) is 35.5 Å². The number of carbonyl (C=O) groups is 2. The fourth-order valence-corrected chi connectivity index (χ4v) is 2.38. The second-order valence-corrected chi connectivity index (χ2v) is 6.39. The number of rotatable bonds is 6. The molecule has 0 unspecified atom stereocenters. The van der Waals surface area contributed by atoms with E-state index >= 15 is 0 Å². The molecule has 0 aliphatic carbocycles. The summed E-state index contributed by atoms with van der Waals surface area (Å²) < 4.78 is 0.937. The number of pyridine rings is 1. The van der Waals surface area contributed by atoms with Gasteiger partial charge in [0.1, 0.15) is 5.69 Å². The average molecular weight is 390 g/mol. The number of nitrogens with zero attached hydrogens (tertiary/aromatic N) is 2. The lowest BCUT2D eigenvalue weighted by Crippen LogP contribution is -2.28. The third-order valence-corrected chi connectivity index (χ3v) is 4.07. The van der Waals surface area contributed by atoms with Gasteiger partial charge in [0.05, 0.1) is 0 Å². The van der Waals surface area contributed by atoms with E-state index in [1.54, 1.807) is 30.1 Å². The van der Waals surface area contributed by atoms with Gasteiger partial charge in [-0.2, -0.15) is 0 Å². The van der Waals surface area contributed by atoms with E-state index in [0.717, 1.165) is 17.3 Å². The Hall–Kier alpha value is -2.21. The summed E-state index contributed by atoms with van der Waals surface area (Å²) in [6.07, 6.45) is 3.43. The Morgan fingerprint density at radius 2 is 1.92 bits per heavy atom.